The van der Waals surface area contributed by atoms with Crippen molar-refractivity contribution in [2.24, 2.45) is 0 Å². The molecule has 0 amide bonds. The second-order valence-corrected chi connectivity index (χ2v) is 3.76. The normalized spacial score (nSPS) is 11.8. The fourth-order valence-corrected chi connectivity index (χ4v) is 1.41. The standard InChI is InChI=1S/C11H13FN2O4/c1-6-4-9(13-7(2)11(15)18-3)10(14(16)17)5-8(6)12/h4-5,7,13H,1-3H3. The first-order valence-electron chi connectivity index (χ1n) is 5.15. The topological polar surface area (TPSA) is 81.5 Å². The zero-order valence-corrected chi connectivity index (χ0v) is 10.2. The number of nitrogens with zero attached hydrogens (tertiary/aromatic N) is 1. The van der Waals surface area contributed by atoms with E-state index in [2.05, 4.69) is 10.1 Å². The molecule has 0 spiro atoms. The van der Waals surface area contributed by atoms with Crippen molar-refractivity contribution >= 4 is 17.3 Å². The molecule has 7 heteroatoms. The Morgan fingerprint density at radius 1 is 1.56 bits per heavy atom. The molecule has 0 bridgehead atoms. The molecule has 0 aliphatic heterocycles. The fourth-order valence-electron chi connectivity index (χ4n) is 1.41. The first-order chi connectivity index (χ1) is 8.36. The molecule has 98 valence electrons. The van der Waals surface area contributed by atoms with Crippen LogP contribution in [0.4, 0.5) is 15.8 Å². The number of nitrogens with one attached hydrogen (secondary N) is 1. The van der Waals surface area contributed by atoms with Gasteiger partial charge in [-0.3, -0.25) is 10.1 Å². The van der Waals surface area contributed by atoms with Gasteiger partial charge < -0.3 is 10.1 Å². The lowest BCUT2D eigenvalue weighted by Gasteiger charge is -2.13. The number of hydrogen-bond acceptors (Lipinski definition) is 5. The Kier molecular flexibility index (Phi) is 4.19. The molecule has 0 aromatic heterocycles. The molecule has 1 aromatic carbocycles. The van der Waals surface area contributed by atoms with Gasteiger partial charge >= 0.3 is 5.97 Å². The number of anilines is 1. The maximum atomic E-state index is 13.3. The summed E-state index contributed by atoms with van der Waals surface area (Å²) in [5.41, 5.74) is -0.0918. The first kappa shape index (κ1) is 13.9. The molecule has 1 unspecified atom stereocenters. The summed E-state index contributed by atoms with van der Waals surface area (Å²) in [6.07, 6.45) is 0. The SMILES string of the molecule is COC(=O)C(C)Nc1cc(C)c(F)cc1[N+](=O)[O-]. The number of carbonyl (C=O) groups excluding carboxylic acids is 1. The van der Waals surface area contributed by atoms with Crippen LogP contribution in [0.2, 0.25) is 0 Å². The van der Waals surface area contributed by atoms with Crippen LogP contribution in [0.25, 0.3) is 0 Å². The van der Waals surface area contributed by atoms with Gasteiger partial charge in [0.25, 0.3) is 5.69 Å². The number of carbonyl (C=O) groups is 1. The molecular weight excluding hydrogens is 243 g/mol. The predicted molar refractivity (Wildman–Crippen MR) is 62.9 cm³/mol. The third-order valence-corrected chi connectivity index (χ3v) is 2.40. The van der Waals surface area contributed by atoms with E-state index in [4.69, 9.17) is 0 Å². The third kappa shape index (κ3) is 2.93. The summed E-state index contributed by atoms with van der Waals surface area (Å²) < 4.78 is 17.8. The van der Waals surface area contributed by atoms with Crippen LogP contribution in [0, 0.1) is 22.9 Å². The monoisotopic (exact) mass is 256 g/mol. The van der Waals surface area contributed by atoms with E-state index < -0.39 is 28.4 Å². The van der Waals surface area contributed by atoms with Gasteiger partial charge in [-0.15, -0.1) is 0 Å². The van der Waals surface area contributed by atoms with E-state index in [1.165, 1.54) is 27.0 Å². The number of rotatable bonds is 4. The van der Waals surface area contributed by atoms with Crippen LogP contribution in [0.15, 0.2) is 12.1 Å². The number of nitro benzene ring substituents is 1. The van der Waals surface area contributed by atoms with Gasteiger partial charge in [-0.05, 0) is 25.5 Å². The summed E-state index contributed by atoms with van der Waals surface area (Å²) in [6, 6.07) is 1.34. The molecule has 18 heavy (non-hydrogen) atoms. The molecule has 1 rings (SSSR count). The summed E-state index contributed by atoms with van der Waals surface area (Å²) in [4.78, 5) is 21.3. The van der Waals surface area contributed by atoms with Crippen molar-refractivity contribution < 1.29 is 18.8 Å². The highest BCUT2D eigenvalue weighted by molar-refractivity contribution is 5.80. The molecule has 6 nitrogen and oxygen atoms in total. The van der Waals surface area contributed by atoms with Crippen molar-refractivity contribution in [1.29, 1.82) is 0 Å². The summed E-state index contributed by atoms with van der Waals surface area (Å²) in [5.74, 6) is -1.23. The van der Waals surface area contributed by atoms with E-state index in [-0.39, 0.29) is 11.3 Å². The summed E-state index contributed by atoms with van der Waals surface area (Å²) >= 11 is 0. The van der Waals surface area contributed by atoms with Crippen molar-refractivity contribution in [2.75, 3.05) is 12.4 Å². The molecule has 1 aromatic rings. The number of aryl methyl sites for hydroxylation is 1. The number of esters is 1. The molecule has 0 saturated heterocycles. The van der Waals surface area contributed by atoms with Crippen molar-refractivity contribution in [2.45, 2.75) is 19.9 Å². The zero-order valence-electron chi connectivity index (χ0n) is 10.2. The minimum absolute atomic E-state index is 0.0804. The van der Waals surface area contributed by atoms with E-state index in [1.807, 2.05) is 0 Å². The van der Waals surface area contributed by atoms with Crippen LogP contribution in [-0.2, 0) is 9.53 Å². The third-order valence-electron chi connectivity index (χ3n) is 2.40. The lowest BCUT2D eigenvalue weighted by atomic mass is 10.1. The zero-order chi connectivity index (χ0) is 13.9. The Morgan fingerprint density at radius 2 is 2.17 bits per heavy atom. The Labute approximate surface area is 103 Å². The van der Waals surface area contributed by atoms with Crippen molar-refractivity contribution in [1.82, 2.24) is 0 Å². The molecule has 0 aliphatic rings. The van der Waals surface area contributed by atoms with Crippen LogP contribution >= 0.6 is 0 Å². The average Bonchev–Trinajstić information content (AvgIpc) is 2.31. The van der Waals surface area contributed by atoms with Gasteiger partial charge in [0.15, 0.2) is 0 Å². The second kappa shape index (κ2) is 5.44. The smallest absolute Gasteiger partial charge is 0.327 e. The first-order valence-corrected chi connectivity index (χ1v) is 5.15. The minimum atomic E-state index is -0.765. The largest absolute Gasteiger partial charge is 0.467 e. The van der Waals surface area contributed by atoms with E-state index in [0.29, 0.717) is 0 Å². The molecule has 0 fully saturated rings. The number of benzene rings is 1. The number of halogens is 1. The molecule has 0 radical (unpaired) electrons. The van der Waals surface area contributed by atoms with Gasteiger partial charge in [-0.2, -0.15) is 0 Å². The van der Waals surface area contributed by atoms with Crippen molar-refractivity contribution in [3.05, 3.63) is 33.6 Å². The fraction of sp³-hybridized carbons (Fsp3) is 0.364. The molecule has 1 N–H and O–H groups in total. The number of ether oxygens (including phenoxy) is 1. The van der Waals surface area contributed by atoms with E-state index >= 15 is 0 Å². The highest BCUT2D eigenvalue weighted by Crippen LogP contribution is 2.28. The van der Waals surface area contributed by atoms with Gasteiger partial charge in [-0.1, -0.05) is 0 Å². The number of nitro groups is 1. The number of hydrogen-bond donors (Lipinski definition) is 1. The van der Waals surface area contributed by atoms with Crippen LogP contribution in [0.3, 0.4) is 0 Å². The second-order valence-electron chi connectivity index (χ2n) is 3.76. The van der Waals surface area contributed by atoms with Crippen LogP contribution in [0.5, 0.6) is 0 Å². The molecule has 0 aliphatic carbocycles. The summed E-state index contributed by atoms with van der Waals surface area (Å²) in [6.45, 7) is 2.97. The van der Waals surface area contributed by atoms with Gasteiger partial charge in [0.1, 0.15) is 17.5 Å². The maximum Gasteiger partial charge on any atom is 0.327 e. The Morgan fingerprint density at radius 3 is 2.67 bits per heavy atom. The van der Waals surface area contributed by atoms with E-state index in [1.54, 1.807) is 0 Å². The minimum Gasteiger partial charge on any atom is -0.467 e. The van der Waals surface area contributed by atoms with Crippen LogP contribution in [-0.4, -0.2) is 24.0 Å². The van der Waals surface area contributed by atoms with Gasteiger partial charge in [0.2, 0.25) is 0 Å². The Hall–Kier alpha value is -2.18. The summed E-state index contributed by atoms with van der Waals surface area (Å²) in [5, 5.41) is 13.4. The molecular formula is C11H13FN2O4. The lowest BCUT2D eigenvalue weighted by molar-refractivity contribution is -0.384. The Bertz CT molecular complexity index is 490. The highest BCUT2D eigenvalue weighted by Gasteiger charge is 2.21. The predicted octanol–water partition coefficient (Wildman–Crippen LogP) is 2.02. The Balaban J connectivity index is 3.11. The van der Waals surface area contributed by atoms with E-state index in [9.17, 15) is 19.3 Å². The summed E-state index contributed by atoms with van der Waals surface area (Å²) in [7, 11) is 1.21. The van der Waals surface area contributed by atoms with Crippen molar-refractivity contribution in [3.8, 4) is 0 Å². The molecule has 0 heterocycles. The van der Waals surface area contributed by atoms with E-state index in [0.717, 1.165) is 6.07 Å². The molecule has 0 saturated carbocycles. The van der Waals surface area contributed by atoms with Gasteiger partial charge in [0, 0.05) is 0 Å². The number of methoxy groups -OCH3 is 1. The van der Waals surface area contributed by atoms with Crippen LogP contribution in [0.1, 0.15) is 12.5 Å². The highest BCUT2D eigenvalue weighted by atomic mass is 19.1. The lowest BCUT2D eigenvalue weighted by Crippen LogP contribution is -2.27. The van der Waals surface area contributed by atoms with Crippen LogP contribution < -0.4 is 5.32 Å². The van der Waals surface area contributed by atoms with Gasteiger partial charge in [-0.25, -0.2) is 9.18 Å². The van der Waals surface area contributed by atoms with Gasteiger partial charge in [0.05, 0.1) is 18.1 Å². The molecule has 1 atom stereocenters. The maximum absolute atomic E-state index is 13.3. The average molecular weight is 256 g/mol. The van der Waals surface area contributed by atoms with Crippen molar-refractivity contribution in [3.63, 3.8) is 0 Å². The quantitative estimate of drug-likeness (QED) is 0.506.